The highest BCUT2D eigenvalue weighted by molar-refractivity contribution is 5.80. The lowest BCUT2D eigenvalue weighted by molar-refractivity contribution is -0.139. The number of fused-ring (bicyclic) bond motifs is 1. The van der Waals surface area contributed by atoms with Crippen molar-refractivity contribution in [3.63, 3.8) is 0 Å². The molecule has 2 aliphatic rings. The second-order valence-electron chi connectivity index (χ2n) is 6.98. The third-order valence-electron chi connectivity index (χ3n) is 5.27. The van der Waals surface area contributed by atoms with Crippen molar-refractivity contribution in [2.45, 2.75) is 32.6 Å². The first-order valence-electron chi connectivity index (χ1n) is 8.74. The fourth-order valence-electron chi connectivity index (χ4n) is 3.87. The van der Waals surface area contributed by atoms with E-state index in [9.17, 15) is 4.79 Å². The van der Waals surface area contributed by atoms with E-state index in [1.54, 1.807) is 18.7 Å². The van der Waals surface area contributed by atoms with E-state index in [4.69, 9.17) is 0 Å². The van der Waals surface area contributed by atoms with E-state index in [1.807, 2.05) is 17.0 Å². The minimum absolute atomic E-state index is 0.243. The van der Waals surface area contributed by atoms with Gasteiger partial charge < -0.3 is 4.90 Å². The quantitative estimate of drug-likeness (QED) is 0.852. The monoisotopic (exact) mass is 322 g/mol. The molecule has 0 spiro atoms. The normalized spacial score (nSPS) is 23.1. The molecule has 4 rings (SSSR count). The molecular weight excluding hydrogens is 300 g/mol. The van der Waals surface area contributed by atoms with Crippen molar-refractivity contribution in [1.29, 1.82) is 0 Å². The number of amides is 1. The summed E-state index contributed by atoms with van der Waals surface area (Å²) in [6.07, 6.45) is 8.93. The molecule has 5 nitrogen and oxygen atoms in total. The number of hydrogen-bond donors (Lipinski definition) is 0. The van der Waals surface area contributed by atoms with E-state index < -0.39 is 0 Å². The second kappa shape index (κ2) is 6.30. The summed E-state index contributed by atoms with van der Waals surface area (Å²) in [6, 6.07) is 3.96. The highest BCUT2D eigenvalue weighted by Crippen LogP contribution is 2.35. The van der Waals surface area contributed by atoms with Crippen LogP contribution < -0.4 is 0 Å². The maximum Gasteiger partial charge on any atom is 0.225 e. The molecule has 1 saturated carbocycles. The van der Waals surface area contributed by atoms with E-state index in [0.717, 1.165) is 55.7 Å². The van der Waals surface area contributed by atoms with E-state index in [0.29, 0.717) is 11.8 Å². The summed E-state index contributed by atoms with van der Waals surface area (Å²) < 4.78 is 0. The molecule has 2 aromatic heterocycles. The van der Waals surface area contributed by atoms with Crippen LogP contribution in [0.5, 0.6) is 0 Å². The maximum absolute atomic E-state index is 12.7. The smallest absolute Gasteiger partial charge is 0.225 e. The number of pyridine rings is 1. The Hall–Kier alpha value is -2.30. The molecule has 0 atom stereocenters. The van der Waals surface area contributed by atoms with Crippen molar-refractivity contribution in [2.75, 3.05) is 13.1 Å². The van der Waals surface area contributed by atoms with E-state index >= 15 is 0 Å². The van der Waals surface area contributed by atoms with Gasteiger partial charge in [-0.2, -0.15) is 0 Å². The van der Waals surface area contributed by atoms with Gasteiger partial charge in [0, 0.05) is 54.6 Å². The number of aromatic nitrogens is 3. The van der Waals surface area contributed by atoms with E-state index in [-0.39, 0.29) is 5.92 Å². The number of nitrogens with zero attached hydrogens (tertiary/aromatic N) is 4. The van der Waals surface area contributed by atoms with Gasteiger partial charge >= 0.3 is 0 Å². The summed E-state index contributed by atoms with van der Waals surface area (Å²) in [5, 5.41) is 0. The average molecular weight is 322 g/mol. The van der Waals surface area contributed by atoms with Crippen LogP contribution in [-0.2, 0) is 17.6 Å². The molecular formula is C19H22N4O. The van der Waals surface area contributed by atoms with Gasteiger partial charge in [0.1, 0.15) is 6.33 Å². The van der Waals surface area contributed by atoms with Crippen LogP contribution in [0, 0.1) is 11.8 Å². The first-order valence-corrected chi connectivity index (χ1v) is 8.74. The Balaban J connectivity index is 1.56. The lowest BCUT2D eigenvalue weighted by atomic mass is 9.75. The number of rotatable bonds is 2. The summed E-state index contributed by atoms with van der Waals surface area (Å²) in [5.41, 5.74) is 4.31. The molecule has 0 radical (unpaired) electrons. The SMILES string of the molecule is CC1CC(C(=O)N2CCc3ncnc(-c4ccncc4)c3CC2)C1. The Morgan fingerprint density at radius 3 is 2.62 bits per heavy atom. The minimum atomic E-state index is 0.243. The molecule has 0 N–H and O–H groups in total. The van der Waals surface area contributed by atoms with Gasteiger partial charge in [-0.3, -0.25) is 9.78 Å². The first-order chi connectivity index (χ1) is 11.7. The molecule has 124 valence electrons. The lowest BCUT2D eigenvalue weighted by Crippen LogP contribution is -2.42. The molecule has 0 bridgehead atoms. The Labute approximate surface area is 142 Å². The first kappa shape index (κ1) is 15.2. The van der Waals surface area contributed by atoms with Crippen molar-refractivity contribution >= 4 is 5.91 Å². The van der Waals surface area contributed by atoms with Crippen molar-refractivity contribution in [3.8, 4) is 11.3 Å². The van der Waals surface area contributed by atoms with Gasteiger partial charge in [0.05, 0.1) is 5.69 Å². The fraction of sp³-hybridized carbons (Fsp3) is 0.474. The summed E-state index contributed by atoms with van der Waals surface area (Å²) in [4.78, 5) is 27.8. The zero-order valence-corrected chi connectivity index (χ0v) is 14.0. The topological polar surface area (TPSA) is 59.0 Å². The largest absolute Gasteiger partial charge is 0.342 e. The van der Waals surface area contributed by atoms with Crippen molar-refractivity contribution in [2.24, 2.45) is 11.8 Å². The van der Waals surface area contributed by atoms with Crippen molar-refractivity contribution in [1.82, 2.24) is 19.9 Å². The maximum atomic E-state index is 12.7. The molecule has 3 heterocycles. The van der Waals surface area contributed by atoms with Gasteiger partial charge in [0.2, 0.25) is 5.91 Å². The molecule has 24 heavy (non-hydrogen) atoms. The van der Waals surface area contributed by atoms with Gasteiger partial charge in [0.15, 0.2) is 0 Å². The predicted molar refractivity (Wildman–Crippen MR) is 91.1 cm³/mol. The predicted octanol–water partition coefficient (Wildman–Crippen LogP) is 2.51. The number of carbonyl (C=O) groups excluding carboxylic acids is 1. The van der Waals surface area contributed by atoms with Crippen LogP contribution in [0.4, 0.5) is 0 Å². The standard InChI is InChI=1S/C19H22N4O/c1-13-10-15(11-13)19(24)23-8-4-16-17(5-9-23)21-12-22-18(16)14-2-6-20-7-3-14/h2-3,6-7,12-13,15H,4-5,8-11H2,1H3. The summed E-state index contributed by atoms with van der Waals surface area (Å²) >= 11 is 0. The zero-order chi connectivity index (χ0) is 16.5. The highest BCUT2D eigenvalue weighted by atomic mass is 16.2. The number of hydrogen-bond acceptors (Lipinski definition) is 4. The van der Waals surface area contributed by atoms with Crippen LogP contribution in [0.15, 0.2) is 30.9 Å². The minimum Gasteiger partial charge on any atom is -0.342 e. The van der Waals surface area contributed by atoms with Gasteiger partial charge in [0.25, 0.3) is 0 Å². The van der Waals surface area contributed by atoms with Crippen LogP contribution in [0.2, 0.25) is 0 Å². The molecule has 1 amide bonds. The third-order valence-corrected chi connectivity index (χ3v) is 5.27. The molecule has 1 aliphatic heterocycles. The van der Waals surface area contributed by atoms with Crippen LogP contribution in [0.25, 0.3) is 11.3 Å². The van der Waals surface area contributed by atoms with Gasteiger partial charge in [-0.1, -0.05) is 6.92 Å². The summed E-state index contributed by atoms with van der Waals surface area (Å²) in [7, 11) is 0. The van der Waals surface area contributed by atoms with E-state index in [1.165, 1.54) is 5.56 Å². The summed E-state index contributed by atoms with van der Waals surface area (Å²) in [5.74, 6) is 1.28. The summed E-state index contributed by atoms with van der Waals surface area (Å²) in [6.45, 7) is 3.75. The van der Waals surface area contributed by atoms with Crippen LogP contribution >= 0.6 is 0 Å². The fourth-order valence-corrected chi connectivity index (χ4v) is 3.87. The Bertz CT molecular complexity index is 740. The van der Waals surface area contributed by atoms with Crippen LogP contribution in [0.3, 0.4) is 0 Å². The van der Waals surface area contributed by atoms with Crippen LogP contribution in [-0.4, -0.2) is 38.8 Å². The van der Waals surface area contributed by atoms with Gasteiger partial charge in [-0.15, -0.1) is 0 Å². The Morgan fingerprint density at radius 1 is 1.12 bits per heavy atom. The molecule has 0 saturated heterocycles. The van der Waals surface area contributed by atoms with Crippen LogP contribution in [0.1, 0.15) is 31.0 Å². The second-order valence-corrected chi connectivity index (χ2v) is 6.98. The molecule has 0 unspecified atom stereocenters. The third kappa shape index (κ3) is 2.79. The zero-order valence-electron chi connectivity index (χ0n) is 14.0. The lowest BCUT2D eigenvalue weighted by Gasteiger charge is -2.35. The molecule has 0 aromatic carbocycles. The Kier molecular flexibility index (Phi) is 4.00. The molecule has 1 aliphatic carbocycles. The Morgan fingerprint density at radius 2 is 1.88 bits per heavy atom. The van der Waals surface area contributed by atoms with Gasteiger partial charge in [-0.05, 0) is 37.3 Å². The highest BCUT2D eigenvalue weighted by Gasteiger charge is 2.35. The number of carbonyl (C=O) groups is 1. The molecule has 2 aromatic rings. The van der Waals surface area contributed by atoms with Crippen molar-refractivity contribution in [3.05, 3.63) is 42.1 Å². The van der Waals surface area contributed by atoms with Crippen molar-refractivity contribution < 1.29 is 4.79 Å². The van der Waals surface area contributed by atoms with E-state index in [2.05, 4.69) is 21.9 Å². The van der Waals surface area contributed by atoms with Gasteiger partial charge in [-0.25, -0.2) is 9.97 Å². The average Bonchev–Trinajstić information content (AvgIpc) is 2.82. The molecule has 1 fully saturated rings. The molecule has 5 heteroatoms.